The second kappa shape index (κ2) is 7.44. The molecule has 1 atom stereocenters. The van der Waals surface area contributed by atoms with E-state index in [1.165, 1.54) is 0 Å². The molecule has 1 rings (SSSR count). The monoisotopic (exact) mass is 267 g/mol. The van der Waals surface area contributed by atoms with Crippen molar-refractivity contribution >= 4 is 17.7 Å². The maximum absolute atomic E-state index is 11.9. The van der Waals surface area contributed by atoms with Gasteiger partial charge in [-0.15, -0.1) is 0 Å². The first kappa shape index (κ1) is 15.1. The van der Waals surface area contributed by atoms with Crippen LogP contribution in [-0.2, 0) is 5.75 Å². The molecule has 0 bridgehead atoms. The van der Waals surface area contributed by atoms with E-state index < -0.39 is 6.10 Å². The maximum Gasteiger partial charge on any atom is 0.251 e. The Bertz CT molecular complexity index is 393. The van der Waals surface area contributed by atoms with Crippen LogP contribution in [0.5, 0.6) is 0 Å². The Labute approximate surface area is 113 Å². The van der Waals surface area contributed by atoms with Crippen LogP contribution in [0.4, 0.5) is 0 Å². The van der Waals surface area contributed by atoms with Gasteiger partial charge in [-0.3, -0.25) is 4.79 Å². The van der Waals surface area contributed by atoms with Crippen molar-refractivity contribution in [2.24, 2.45) is 5.92 Å². The third-order valence-corrected chi connectivity index (χ3v) is 3.36. The summed E-state index contributed by atoms with van der Waals surface area (Å²) in [7, 11) is 0. The smallest absolute Gasteiger partial charge is 0.251 e. The maximum atomic E-state index is 11.9. The molecular weight excluding hydrogens is 246 g/mol. The van der Waals surface area contributed by atoms with Gasteiger partial charge < -0.3 is 10.4 Å². The standard InChI is InChI=1S/C14H21NO2S/c1-10(2)13(16)8-15-14(17)12-6-4-5-11(7-12)9-18-3/h4-7,10,13,16H,8-9H2,1-3H3,(H,15,17). The summed E-state index contributed by atoms with van der Waals surface area (Å²) in [6.07, 6.45) is 1.54. The van der Waals surface area contributed by atoms with E-state index in [4.69, 9.17) is 0 Å². The summed E-state index contributed by atoms with van der Waals surface area (Å²) >= 11 is 1.73. The van der Waals surface area contributed by atoms with Gasteiger partial charge in [-0.25, -0.2) is 0 Å². The second-order valence-electron chi connectivity index (χ2n) is 4.65. The third kappa shape index (κ3) is 4.70. The molecule has 1 amide bonds. The topological polar surface area (TPSA) is 49.3 Å². The van der Waals surface area contributed by atoms with Crippen LogP contribution in [0.3, 0.4) is 0 Å². The van der Waals surface area contributed by atoms with Crippen molar-refractivity contribution in [3.63, 3.8) is 0 Å². The Morgan fingerprint density at radius 1 is 1.44 bits per heavy atom. The minimum Gasteiger partial charge on any atom is -0.391 e. The van der Waals surface area contributed by atoms with Crippen molar-refractivity contribution in [1.29, 1.82) is 0 Å². The second-order valence-corrected chi connectivity index (χ2v) is 5.52. The van der Waals surface area contributed by atoms with Crippen molar-refractivity contribution in [3.05, 3.63) is 35.4 Å². The number of hydrogen-bond donors (Lipinski definition) is 2. The lowest BCUT2D eigenvalue weighted by atomic mass is 10.1. The number of nitrogens with one attached hydrogen (secondary N) is 1. The Morgan fingerprint density at radius 3 is 2.78 bits per heavy atom. The van der Waals surface area contributed by atoms with Gasteiger partial charge in [-0.2, -0.15) is 11.8 Å². The van der Waals surface area contributed by atoms with Crippen LogP contribution in [0.2, 0.25) is 0 Å². The van der Waals surface area contributed by atoms with Gasteiger partial charge in [0.15, 0.2) is 0 Å². The molecule has 0 saturated carbocycles. The van der Waals surface area contributed by atoms with Gasteiger partial charge in [0.2, 0.25) is 0 Å². The summed E-state index contributed by atoms with van der Waals surface area (Å²) in [4.78, 5) is 11.9. The van der Waals surface area contributed by atoms with Gasteiger partial charge in [0.1, 0.15) is 0 Å². The largest absolute Gasteiger partial charge is 0.391 e. The summed E-state index contributed by atoms with van der Waals surface area (Å²) in [6.45, 7) is 4.15. The van der Waals surface area contributed by atoms with E-state index in [0.717, 1.165) is 11.3 Å². The lowest BCUT2D eigenvalue weighted by Gasteiger charge is -2.15. The molecule has 2 N–H and O–H groups in total. The molecule has 0 aliphatic heterocycles. The molecule has 0 heterocycles. The van der Waals surface area contributed by atoms with Gasteiger partial charge >= 0.3 is 0 Å². The molecule has 0 fully saturated rings. The van der Waals surface area contributed by atoms with Crippen LogP contribution in [0.15, 0.2) is 24.3 Å². The fourth-order valence-electron chi connectivity index (χ4n) is 1.50. The van der Waals surface area contributed by atoms with Crippen molar-refractivity contribution in [2.45, 2.75) is 25.7 Å². The molecule has 0 aliphatic rings. The molecule has 1 aromatic rings. The molecule has 1 unspecified atom stereocenters. The predicted octanol–water partition coefficient (Wildman–Crippen LogP) is 2.30. The molecule has 100 valence electrons. The van der Waals surface area contributed by atoms with Crippen LogP contribution in [0.25, 0.3) is 0 Å². The fourth-order valence-corrected chi connectivity index (χ4v) is 2.02. The first-order valence-electron chi connectivity index (χ1n) is 6.08. The fraction of sp³-hybridized carbons (Fsp3) is 0.500. The number of hydrogen-bond acceptors (Lipinski definition) is 3. The van der Waals surface area contributed by atoms with E-state index in [1.54, 1.807) is 17.8 Å². The number of amides is 1. The molecule has 3 nitrogen and oxygen atoms in total. The average Bonchev–Trinajstić information content (AvgIpc) is 2.36. The number of carbonyl (C=O) groups is 1. The van der Waals surface area contributed by atoms with Gasteiger partial charge in [-0.05, 0) is 29.9 Å². The highest BCUT2D eigenvalue weighted by Gasteiger charge is 2.12. The van der Waals surface area contributed by atoms with E-state index in [1.807, 2.05) is 38.3 Å². The molecule has 0 aromatic heterocycles. The minimum absolute atomic E-state index is 0.127. The van der Waals surface area contributed by atoms with Crippen LogP contribution < -0.4 is 5.32 Å². The molecule has 4 heteroatoms. The highest BCUT2D eigenvalue weighted by molar-refractivity contribution is 7.97. The molecular formula is C14H21NO2S. The van der Waals surface area contributed by atoms with Crippen molar-refractivity contribution in [1.82, 2.24) is 5.32 Å². The number of aliphatic hydroxyl groups excluding tert-OH is 1. The summed E-state index contributed by atoms with van der Waals surface area (Å²) in [5.41, 5.74) is 1.79. The number of thioether (sulfide) groups is 1. The zero-order valence-electron chi connectivity index (χ0n) is 11.1. The van der Waals surface area contributed by atoms with Crippen LogP contribution in [0.1, 0.15) is 29.8 Å². The Kier molecular flexibility index (Phi) is 6.22. The number of aliphatic hydroxyl groups is 1. The molecule has 0 saturated heterocycles. The zero-order chi connectivity index (χ0) is 13.5. The van der Waals surface area contributed by atoms with Gasteiger partial charge in [0.25, 0.3) is 5.91 Å². The first-order chi connectivity index (χ1) is 8.54. The highest BCUT2D eigenvalue weighted by atomic mass is 32.2. The van der Waals surface area contributed by atoms with Crippen molar-refractivity contribution in [3.8, 4) is 0 Å². The van der Waals surface area contributed by atoms with Crippen LogP contribution in [0, 0.1) is 5.92 Å². The average molecular weight is 267 g/mol. The van der Waals surface area contributed by atoms with E-state index in [0.29, 0.717) is 12.1 Å². The lowest BCUT2D eigenvalue weighted by Crippen LogP contribution is -2.34. The van der Waals surface area contributed by atoms with E-state index in [9.17, 15) is 9.90 Å². The number of benzene rings is 1. The van der Waals surface area contributed by atoms with Gasteiger partial charge in [-0.1, -0.05) is 26.0 Å². The quantitative estimate of drug-likeness (QED) is 0.831. The molecule has 18 heavy (non-hydrogen) atoms. The number of rotatable bonds is 6. The zero-order valence-corrected chi connectivity index (χ0v) is 12.0. The summed E-state index contributed by atoms with van der Waals surface area (Å²) in [6, 6.07) is 7.59. The highest BCUT2D eigenvalue weighted by Crippen LogP contribution is 2.11. The molecule has 1 aromatic carbocycles. The molecule has 0 aliphatic carbocycles. The van der Waals surface area contributed by atoms with Crippen molar-refractivity contribution in [2.75, 3.05) is 12.8 Å². The lowest BCUT2D eigenvalue weighted by molar-refractivity contribution is 0.0871. The normalized spacial score (nSPS) is 12.5. The van der Waals surface area contributed by atoms with E-state index in [-0.39, 0.29) is 11.8 Å². The minimum atomic E-state index is -0.497. The van der Waals surface area contributed by atoms with Gasteiger partial charge in [0.05, 0.1) is 6.10 Å². The molecule has 0 radical (unpaired) electrons. The van der Waals surface area contributed by atoms with Crippen LogP contribution in [-0.4, -0.2) is 29.9 Å². The van der Waals surface area contributed by atoms with E-state index >= 15 is 0 Å². The third-order valence-electron chi connectivity index (χ3n) is 2.74. The summed E-state index contributed by atoms with van der Waals surface area (Å²) in [5, 5.41) is 12.4. The van der Waals surface area contributed by atoms with Crippen LogP contribution >= 0.6 is 11.8 Å². The SMILES string of the molecule is CSCc1cccc(C(=O)NCC(O)C(C)C)c1. The summed E-state index contributed by atoms with van der Waals surface area (Å²) in [5.74, 6) is 0.918. The Balaban J connectivity index is 2.58. The van der Waals surface area contributed by atoms with Crippen molar-refractivity contribution < 1.29 is 9.90 Å². The predicted molar refractivity (Wildman–Crippen MR) is 76.8 cm³/mol. The Morgan fingerprint density at radius 2 is 2.17 bits per heavy atom. The van der Waals surface area contributed by atoms with Gasteiger partial charge in [0, 0.05) is 17.9 Å². The first-order valence-corrected chi connectivity index (χ1v) is 7.48. The van der Waals surface area contributed by atoms with E-state index in [2.05, 4.69) is 5.32 Å². The summed E-state index contributed by atoms with van der Waals surface area (Å²) < 4.78 is 0. The Hall–Kier alpha value is -1.00. The number of carbonyl (C=O) groups excluding carboxylic acids is 1. The molecule has 0 spiro atoms.